The lowest BCUT2D eigenvalue weighted by Gasteiger charge is -2.28. The maximum Gasteiger partial charge on any atom is 0.252 e. The Bertz CT molecular complexity index is 422. The van der Waals surface area contributed by atoms with Crippen LogP contribution in [0.1, 0.15) is 34.8 Å². The molecule has 1 saturated heterocycles. The van der Waals surface area contributed by atoms with Crippen molar-refractivity contribution in [2.75, 3.05) is 13.1 Å². The minimum Gasteiger partial charge on any atom is -0.348 e. The maximum absolute atomic E-state index is 12.3. The molecule has 98 valence electrons. The molecule has 2 atom stereocenters. The molecule has 0 saturated carbocycles. The number of rotatable bonds is 2. The van der Waals surface area contributed by atoms with Gasteiger partial charge in [0.05, 0.1) is 0 Å². The van der Waals surface area contributed by atoms with Crippen LogP contribution in [0.4, 0.5) is 0 Å². The van der Waals surface area contributed by atoms with E-state index in [0.717, 1.165) is 36.2 Å². The van der Waals surface area contributed by atoms with Crippen LogP contribution in [0.5, 0.6) is 0 Å². The average Bonchev–Trinajstić information content (AvgIpc) is 2.28. The summed E-state index contributed by atoms with van der Waals surface area (Å²) in [6.07, 6.45) is 1.06. The van der Waals surface area contributed by atoms with Gasteiger partial charge in [-0.05, 0) is 43.9 Å². The highest BCUT2D eigenvalue weighted by Crippen LogP contribution is 2.15. The Hall–Kier alpha value is -1.35. The van der Waals surface area contributed by atoms with E-state index in [1.165, 1.54) is 0 Å². The minimum atomic E-state index is 0.0616. The largest absolute Gasteiger partial charge is 0.348 e. The Morgan fingerprint density at radius 3 is 2.56 bits per heavy atom. The lowest BCUT2D eigenvalue weighted by Crippen LogP contribution is -2.48. The Balaban J connectivity index is 2.07. The van der Waals surface area contributed by atoms with Crippen LogP contribution in [-0.4, -0.2) is 25.0 Å². The van der Waals surface area contributed by atoms with Gasteiger partial charge in [0.1, 0.15) is 0 Å². The SMILES string of the molecule is Cc1cccc(C)c1C(=O)NC1CNCC(C)C1. The van der Waals surface area contributed by atoms with Crippen molar-refractivity contribution in [2.45, 2.75) is 33.2 Å². The molecule has 0 aromatic heterocycles. The molecule has 2 rings (SSSR count). The first-order chi connectivity index (χ1) is 8.58. The van der Waals surface area contributed by atoms with Crippen LogP contribution in [0.25, 0.3) is 0 Å². The molecule has 18 heavy (non-hydrogen) atoms. The third kappa shape index (κ3) is 2.91. The van der Waals surface area contributed by atoms with E-state index in [4.69, 9.17) is 0 Å². The molecular weight excluding hydrogens is 224 g/mol. The smallest absolute Gasteiger partial charge is 0.252 e. The molecule has 1 aromatic rings. The van der Waals surface area contributed by atoms with Crippen LogP contribution >= 0.6 is 0 Å². The zero-order chi connectivity index (χ0) is 13.1. The van der Waals surface area contributed by atoms with Crippen molar-refractivity contribution in [1.82, 2.24) is 10.6 Å². The van der Waals surface area contributed by atoms with Crippen LogP contribution in [-0.2, 0) is 0 Å². The summed E-state index contributed by atoms with van der Waals surface area (Å²) in [4.78, 5) is 12.3. The van der Waals surface area contributed by atoms with Crippen molar-refractivity contribution in [3.63, 3.8) is 0 Å². The highest BCUT2D eigenvalue weighted by atomic mass is 16.1. The van der Waals surface area contributed by atoms with Crippen LogP contribution < -0.4 is 10.6 Å². The number of carbonyl (C=O) groups excluding carboxylic acids is 1. The molecule has 3 nitrogen and oxygen atoms in total. The second-order valence-electron chi connectivity index (χ2n) is 5.44. The number of amides is 1. The van der Waals surface area contributed by atoms with E-state index in [1.807, 2.05) is 32.0 Å². The summed E-state index contributed by atoms with van der Waals surface area (Å²) in [5.41, 5.74) is 2.92. The third-order valence-electron chi connectivity index (χ3n) is 3.61. The van der Waals surface area contributed by atoms with Crippen LogP contribution in [0.2, 0.25) is 0 Å². The topological polar surface area (TPSA) is 41.1 Å². The van der Waals surface area contributed by atoms with Crippen LogP contribution in [0.3, 0.4) is 0 Å². The van der Waals surface area contributed by atoms with Gasteiger partial charge in [0, 0.05) is 18.2 Å². The normalized spacial score (nSPS) is 23.7. The lowest BCUT2D eigenvalue weighted by atomic mass is 9.96. The van der Waals surface area contributed by atoms with Gasteiger partial charge in [-0.1, -0.05) is 25.1 Å². The Morgan fingerprint density at radius 1 is 1.28 bits per heavy atom. The second kappa shape index (κ2) is 5.53. The van der Waals surface area contributed by atoms with E-state index in [9.17, 15) is 4.79 Å². The monoisotopic (exact) mass is 246 g/mol. The number of aryl methyl sites for hydroxylation is 2. The molecule has 1 heterocycles. The molecular formula is C15H22N2O. The molecule has 0 radical (unpaired) electrons. The van der Waals surface area contributed by atoms with Gasteiger partial charge in [-0.2, -0.15) is 0 Å². The quantitative estimate of drug-likeness (QED) is 0.838. The van der Waals surface area contributed by atoms with Gasteiger partial charge in [0.2, 0.25) is 0 Å². The van der Waals surface area contributed by atoms with Crippen molar-refractivity contribution in [3.8, 4) is 0 Å². The molecule has 1 aliphatic heterocycles. The highest BCUT2D eigenvalue weighted by molar-refractivity contribution is 5.97. The summed E-state index contributed by atoms with van der Waals surface area (Å²) in [5, 5.41) is 6.50. The van der Waals surface area contributed by atoms with E-state index in [-0.39, 0.29) is 11.9 Å². The Kier molecular flexibility index (Phi) is 4.02. The van der Waals surface area contributed by atoms with E-state index < -0.39 is 0 Å². The fraction of sp³-hybridized carbons (Fsp3) is 0.533. The molecule has 0 bridgehead atoms. The number of hydrogen-bond donors (Lipinski definition) is 2. The minimum absolute atomic E-state index is 0.0616. The van der Waals surface area contributed by atoms with Gasteiger partial charge in [0.15, 0.2) is 0 Å². The van der Waals surface area contributed by atoms with Crippen molar-refractivity contribution in [2.24, 2.45) is 5.92 Å². The van der Waals surface area contributed by atoms with Crippen LogP contribution in [0, 0.1) is 19.8 Å². The molecule has 2 N–H and O–H groups in total. The number of benzene rings is 1. The number of nitrogens with one attached hydrogen (secondary N) is 2. The fourth-order valence-electron chi connectivity index (χ4n) is 2.70. The number of hydrogen-bond acceptors (Lipinski definition) is 2. The van der Waals surface area contributed by atoms with Gasteiger partial charge >= 0.3 is 0 Å². The predicted molar refractivity (Wildman–Crippen MR) is 73.8 cm³/mol. The maximum atomic E-state index is 12.3. The van der Waals surface area contributed by atoms with E-state index in [0.29, 0.717) is 5.92 Å². The second-order valence-corrected chi connectivity index (χ2v) is 5.44. The number of piperidine rings is 1. The van der Waals surface area contributed by atoms with Gasteiger partial charge in [-0.15, -0.1) is 0 Å². The standard InChI is InChI=1S/C15H22N2O/c1-10-7-13(9-16-8-10)17-15(18)14-11(2)5-4-6-12(14)3/h4-6,10,13,16H,7-9H2,1-3H3,(H,17,18). The first-order valence-electron chi connectivity index (χ1n) is 6.65. The van der Waals surface area contributed by atoms with E-state index >= 15 is 0 Å². The summed E-state index contributed by atoms with van der Waals surface area (Å²) in [6, 6.07) is 6.22. The summed E-state index contributed by atoms with van der Waals surface area (Å²) in [5.74, 6) is 0.688. The third-order valence-corrected chi connectivity index (χ3v) is 3.61. The molecule has 1 aliphatic rings. The Labute approximate surface area is 109 Å². The highest BCUT2D eigenvalue weighted by Gasteiger charge is 2.21. The van der Waals surface area contributed by atoms with Crippen molar-refractivity contribution in [1.29, 1.82) is 0 Å². The van der Waals surface area contributed by atoms with Gasteiger partial charge in [0.25, 0.3) is 5.91 Å². The lowest BCUT2D eigenvalue weighted by molar-refractivity contribution is 0.0924. The van der Waals surface area contributed by atoms with Crippen LogP contribution in [0.15, 0.2) is 18.2 Å². The molecule has 3 heteroatoms. The van der Waals surface area contributed by atoms with E-state index in [2.05, 4.69) is 17.6 Å². The van der Waals surface area contributed by atoms with Gasteiger partial charge in [-0.3, -0.25) is 4.79 Å². The fourth-order valence-corrected chi connectivity index (χ4v) is 2.70. The van der Waals surface area contributed by atoms with Crippen molar-refractivity contribution < 1.29 is 4.79 Å². The first-order valence-corrected chi connectivity index (χ1v) is 6.65. The average molecular weight is 246 g/mol. The summed E-state index contributed by atoms with van der Waals surface area (Å²) in [6.45, 7) is 8.12. The molecule has 0 spiro atoms. The first kappa shape index (κ1) is 13.1. The zero-order valence-electron chi connectivity index (χ0n) is 11.4. The molecule has 1 aromatic carbocycles. The molecule has 0 aliphatic carbocycles. The van der Waals surface area contributed by atoms with Gasteiger partial charge < -0.3 is 10.6 Å². The van der Waals surface area contributed by atoms with Crippen molar-refractivity contribution in [3.05, 3.63) is 34.9 Å². The molecule has 2 unspecified atom stereocenters. The predicted octanol–water partition coefficient (Wildman–Crippen LogP) is 2.03. The summed E-state index contributed by atoms with van der Waals surface area (Å²) in [7, 11) is 0. The van der Waals surface area contributed by atoms with E-state index in [1.54, 1.807) is 0 Å². The van der Waals surface area contributed by atoms with Gasteiger partial charge in [-0.25, -0.2) is 0 Å². The molecule has 1 fully saturated rings. The Morgan fingerprint density at radius 2 is 1.94 bits per heavy atom. The summed E-state index contributed by atoms with van der Waals surface area (Å²) >= 11 is 0. The number of carbonyl (C=O) groups is 1. The molecule has 1 amide bonds. The van der Waals surface area contributed by atoms with Crippen molar-refractivity contribution >= 4 is 5.91 Å². The summed E-state index contributed by atoms with van der Waals surface area (Å²) < 4.78 is 0. The zero-order valence-corrected chi connectivity index (χ0v) is 11.4.